The summed E-state index contributed by atoms with van der Waals surface area (Å²) in [6.07, 6.45) is 4.00. The standard InChI is InChI=1S/C8H14N4/c1-8(9,6-3-4-6)7-10-5-11-12(7)2/h5-6H,3-4,9H2,1-2H3. The number of nitrogens with two attached hydrogens (primary N) is 1. The number of rotatable bonds is 2. The third kappa shape index (κ3) is 1.03. The molecule has 1 heterocycles. The molecule has 1 aliphatic carbocycles. The average molecular weight is 166 g/mol. The Kier molecular flexibility index (Phi) is 1.48. The Morgan fingerprint density at radius 2 is 2.33 bits per heavy atom. The van der Waals surface area contributed by atoms with Crippen molar-refractivity contribution in [1.82, 2.24) is 14.8 Å². The van der Waals surface area contributed by atoms with Crippen LogP contribution in [0.5, 0.6) is 0 Å². The molecule has 2 rings (SSSR count). The minimum absolute atomic E-state index is 0.286. The Bertz CT molecular complexity index is 285. The van der Waals surface area contributed by atoms with Gasteiger partial charge in [0.25, 0.3) is 0 Å². The molecule has 1 atom stereocenters. The molecule has 4 nitrogen and oxygen atoms in total. The first-order chi connectivity index (χ1) is 5.62. The van der Waals surface area contributed by atoms with Crippen LogP contribution in [0.2, 0.25) is 0 Å². The van der Waals surface area contributed by atoms with Crippen LogP contribution in [0.4, 0.5) is 0 Å². The van der Waals surface area contributed by atoms with Gasteiger partial charge in [-0.1, -0.05) is 0 Å². The minimum atomic E-state index is -0.286. The smallest absolute Gasteiger partial charge is 0.146 e. The van der Waals surface area contributed by atoms with Crippen molar-refractivity contribution in [3.63, 3.8) is 0 Å². The highest BCUT2D eigenvalue weighted by Crippen LogP contribution is 2.42. The molecular formula is C8H14N4. The fourth-order valence-electron chi connectivity index (χ4n) is 1.65. The zero-order valence-corrected chi connectivity index (χ0v) is 7.49. The highest BCUT2D eigenvalue weighted by Gasteiger charge is 2.42. The largest absolute Gasteiger partial charge is 0.319 e. The number of hydrogen-bond donors (Lipinski definition) is 1. The molecule has 1 aromatic heterocycles. The lowest BCUT2D eigenvalue weighted by molar-refractivity contribution is 0.382. The molecule has 0 saturated heterocycles. The summed E-state index contributed by atoms with van der Waals surface area (Å²) in [5.74, 6) is 1.49. The van der Waals surface area contributed by atoms with E-state index in [0.717, 1.165) is 5.82 Å². The van der Waals surface area contributed by atoms with Crippen molar-refractivity contribution in [3.05, 3.63) is 12.2 Å². The highest BCUT2D eigenvalue weighted by molar-refractivity contribution is 5.09. The van der Waals surface area contributed by atoms with Gasteiger partial charge in [0.1, 0.15) is 12.2 Å². The van der Waals surface area contributed by atoms with Crippen molar-refractivity contribution in [3.8, 4) is 0 Å². The fourth-order valence-corrected chi connectivity index (χ4v) is 1.65. The summed E-state index contributed by atoms with van der Waals surface area (Å²) in [6, 6.07) is 0. The Hall–Kier alpha value is -0.900. The van der Waals surface area contributed by atoms with Crippen molar-refractivity contribution < 1.29 is 0 Å². The topological polar surface area (TPSA) is 56.7 Å². The second-order valence-corrected chi connectivity index (χ2v) is 3.76. The number of nitrogens with zero attached hydrogens (tertiary/aromatic N) is 3. The Labute approximate surface area is 71.8 Å². The molecule has 0 radical (unpaired) electrons. The third-order valence-corrected chi connectivity index (χ3v) is 2.62. The predicted octanol–water partition coefficient (Wildman–Crippen LogP) is 0.399. The summed E-state index contributed by atoms with van der Waals surface area (Å²) in [5, 5.41) is 4.02. The lowest BCUT2D eigenvalue weighted by atomic mass is 9.96. The zero-order valence-electron chi connectivity index (χ0n) is 7.49. The van der Waals surface area contributed by atoms with Crippen LogP contribution in [-0.2, 0) is 12.6 Å². The summed E-state index contributed by atoms with van der Waals surface area (Å²) < 4.78 is 1.76. The molecule has 1 unspecified atom stereocenters. The van der Waals surface area contributed by atoms with Crippen molar-refractivity contribution in [2.45, 2.75) is 25.3 Å². The molecule has 0 spiro atoms. The lowest BCUT2D eigenvalue weighted by Gasteiger charge is -2.22. The molecular weight excluding hydrogens is 152 g/mol. The van der Waals surface area contributed by atoms with E-state index in [1.165, 1.54) is 12.8 Å². The van der Waals surface area contributed by atoms with E-state index in [-0.39, 0.29) is 5.54 Å². The number of aryl methyl sites for hydroxylation is 1. The first kappa shape index (κ1) is 7.73. The van der Waals surface area contributed by atoms with Gasteiger partial charge in [-0.15, -0.1) is 0 Å². The molecule has 0 aromatic carbocycles. The molecule has 1 saturated carbocycles. The van der Waals surface area contributed by atoms with E-state index in [9.17, 15) is 0 Å². The molecule has 1 aliphatic rings. The molecule has 0 amide bonds. The molecule has 0 aliphatic heterocycles. The zero-order chi connectivity index (χ0) is 8.77. The monoisotopic (exact) mass is 166 g/mol. The van der Waals surface area contributed by atoms with E-state index < -0.39 is 0 Å². The van der Waals surface area contributed by atoms with Gasteiger partial charge in [0.05, 0.1) is 5.54 Å². The van der Waals surface area contributed by atoms with Crippen LogP contribution < -0.4 is 5.73 Å². The van der Waals surface area contributed by atoms with Crippen LogP contribution >= 0.6 is 0 Å². The second kappa shape index (κ2) is 2.29. The molecule has 4 heteroatoms. The van der Waals surface area contributed by atoms with E-state index >= 15 is 0 Å². The van der Waals surface area contributed by atoms with Crippen molar-refractivity contribution in [2.75, 3.05) is 0 Å². The first-order valence-corrected chi connectivity index (χ1v) is 4.25. The molecule has 0 bridgehead atoms. The molecule has 2 N–H and O–H groups in total. The molecule has 66 valence electrons. The van der Waals surface area contributed by atoms with Crippen molar-refractivity contribution >= 4 is 0 Å². The van der Waals surface area contributed by atoms with Crippen LogP contribution in [-0.4, -0.2) is 14.8 Å². The van der Waals surface area contributed by atoms with Crippen molar-refractivity contribution in [1.29, 1.82) is 0 Å². The number of aromatic nitrogens is 3. The lowest BCUT2D eigenvalue weighted by Crippen LogP contribution is -2.38. The van der Waals surface area contributed by atoms with E-state index in [1.807, 2.05) is 14.0 Å². The third-order valence-electron chi connectivity index (χ3n) is 2.62. The van der Waals surface area contributed by atoms with Crippen LogP contribution in [0.3, 0.4) is 0 Å². The van der Waals surface area contributed by atoms with Gasteiger partial charge in [0.15, 0.2) is 0 Å². The normalized spacial score (nSPS) is 22.2. The molecule has 1 aromatic rings. The average Bonchev–Trinajstić information content (AvgIpc) is 2.75. The predicted molar refractivity (Wildman–Crippen MR) is 45.3 cm³/mol. The van der Waals surface area contributed by atoms with Gasteiger partial charge in [0.2, 0.25) is 0 Å². The van der Waals surface area contributed by atoms with Gasteiger partial charge in [-0.2, -0.15) is 5.10 Å². The maximum absolute atomic E-state index is 6.17. The van der Waals surface area contributed by atoms with Crippen LogP contribution in [0.25, 0.3) is 0 Å². The van der Waals surface area contributed by atoms with Gasteiger partial charge < -0.3 is 5.73 Å². The first-order valence-electron chi connectivity index (χ1n) is 4.25. The highest BCUT2D eigenvalue weighted by atomic mass is 15.3. The maximum Gasteiger partial charge on any atom is 0.146 e. The summed E-state index contributed by atoms with van der Waals surface area (Å²) in [6.45, 7) is 2.04. The van der Waals surface area contributed by atoms with E-state index in [1.54, 1.807) is 11.0 Å². The Morgan fingerprint density at radius 3 is 2.75 bits per heavy atom. The SMILES string of the molecule is Cn1ncnc1C(C)(N)C1CC1. The van der Waals surface area contributed by atoms with E-state index in [2.05, 4.69) is 10.1 Å². The maximum atomic E-state index is 6.17. The fraction of sp³-hybridized carbons (Fsp3) is 0.750. The Balaban J connectivity index is 2.33. The van der Waals surface area contributed by atoms with Gasteiger partial charge in [0, 0.05) is 7.05 Å². The van der Waals surface area contributed by atoms with Gasteiger partial charge >= 0.3 is 0 Å². The summed E-state index contributed by atoms with van der Waals surface area (Å²) in [7, 11) is 1.88. The van der Waals surface area contributed by atoms with Gasteiger partial charge in [-0.25, -0.2) is 4.98 Å². The van der Waals surface area contributed by atoms with Gasteiger partial charge in [-0.05, 0) is 25.7 Å². The molecule has 12 heavy (non-hydrogen) atoms. The van der Waals surface area contributed by atoms with Crippen molar-refractivity contribution in [2.24, 2.45) is 18.7 Å². The minimum Gasteiger partial charge on any atom is -0.319 e. The van der Waals surface area contributed by atoms with Crippen LogP contribution in [0, 0.1) is 5.92 Å². The van der Waals surface area contributed by atoms with Crippen LogP contribution in [0.1, 0.15) is 25.6 Å². The summed E-state index contributed by atoms with van der Waals surface area (Å²) in [5.41, 5.74) is 5.88. The van der Waals surface area contributed by atoms with E-state index in [4.69, 9.17) is 5.73 Å². The summed E-state index contributed by atoms with van der Waals surface area (Å²) in [4.78, 5) is 4.18. The summed E-state index contributed by atoms with van der Waals surface area (Å²) >= 11 is 0. The molecule has 1 fully saturated rings. The van der Waals surface area contributed by atoms with E-state index in [0.29, 0.717) is 5.92 Å². The van der Waals surface area contributed by atoms with Gasteiger partial charge in [-0.3, -0.25) is 4.68 Å². The second-order valence-electron chi connectivity index (χ2n) is 3.76. The quantitative estimate of drug-likeness (QED) is 0.691. The Morgan fingerprint density at radius 1 is 1.67 bits per heavy atom. The number of hydrogen-bond acceptors (Lipinski definition) is 3. The van der Waals surface area contributed by atoms with Crippen LogP contribution in [0.15, 0.2) is 6.33 Å².